The first-order valence-electron chi connectivity index (χ1n) is 11.8. The molecule has 0 bridgehead atoms. The molecule has 1 aromatic carbocycles. The van der Waals surface area contributed by atoms with E-state index in [1.807, 2.05) is 29.2 Å². The number of hydrogen-bond acceptors (Lipinski definition) is 7. The van der Waals surface area contributed by atoms with Gasteiger partial charge in [0.25, 0.3) is 0 Å². The molecule has 3 fully saturated rings. The molecule has 9 heteroatoms. The van der Waals surface area contributed by atoms with Crippen molar-refractivity contribution in [3.63, 3.8) is 0 Å². The summed E-state index contributed by atoms with van der Waals surface area (Å²) in [5.74, 6) is 1.85. The molecule has 0 radical (unpaired) electrons. The van der Waals surface area contributed by atoms with Gasteiger partial charge in [0.2, 0.25) is 5.95 Å². The molecule has 2 aromatic heterocycles. The Hall–Kier alpha value is -2.26. The summed E-state index contributed by atoms with van der Waals surface area (Å²) < 4.78 is 7.55. The van der Waals surface area contributed by atoms with Crippen molar-refractivity contribution in [1.29, 1.82) is 0 Å². The van der Waals surface area contributed by atoms with Gasteiger partial charge in [-0.05, 0) is 69.3 Å². The van der Waals surface area contributed by atoms with Crippen molar-refractivity contribution in [2.45, 2.75) is 56.2 Å². The van der Waals surface area contributed by atoms with Gasteiger partial charge in [-0.25, -0.2) is 14.6 Å². The van der Waals surface area contributed by atoms with Gasteiger partial charge in [0.05, 0.1) is 42.6 Å². The van der Waals surface area contributed by atoms with Crippen LogP contribution in [0.2, 0.25) is 5.02 Å². The lowest BCUT2D eigenvalue weighted by Crippen LogP contribution is -2.56. The van der Waals surface area contributed by atoms with E-state index in [1.54, 1.807) is 0 Å². The fourth-order valence-corrected chi connectivity index (χ4v) is 5.56. The molecular formula is C24H29ClN6O2. The monoisotopic (exact) mass is 468 g/mol. The van der Waals surface area contributed by atoms with E-state index >= 15 is 0 Å². The zero-order valence-electron chi connectivity index (χ0n) is 18.7. The minimum atomic E-state index is -0.433. The predicted octanol–water partition coefficient (Wildman–Crippen LogP) is 3.89. The number of likely N-dealkylation sites (tertiary alicyclic amines) is 1. The van der Waals surface area contributed by atoms with Gasteiger partial charge in [-0.1, -0.05) is 11.6 Å². The summed E-state index contributed by atoms with van der Waals surface area (Å²) in [5.41, 5.74) is 1.74. The lowest BCUT2D eigenvalue weighted by Gasteiger charge is -2.43. The Labute approximate surface area is 197 Å². The summed E-state index contributed by atoms with van der Waals surface area (Å²) in [6, 6.07) is 6.54. The van der Waals surface area contributed by atoms with Crippen molar-refractivity contribution in [2.75, 3.05) is 31.6 Å². The van der Waals surface area contributed by atoms with Crippen molar-refractivity contribution < 1.29 is 9.84 Å². The average molecular weight is 469 g/mol. The number of rotatable bonds is 5. The predicted molar refractivity (Wildman–Crippen MR) is 127 cm³/mol. The third-order valence-electron chi connectivity index (χ3n) is 7.55. The van der Waals surface area contributed by atoms with Gasteiger partial charge in [-0.3, -0.25) is 4.90 Å². The maximum atomic E-state index is 10.4. The van der Waals surface area contributed by atoms with Crippen molar-refractivity contribution >= 4 is 34.3 Å². The Kier molecular flexibility index (Phi) is 5.29. The second kappa shape index (κ2) is 8.20. The van der Waals surface area contributed by atoms with Crippen molar-refractivity contribution in [3.8, 4) is 0 Å². The minimum absolute atomic E-state index is 0.293. The van der Waals surface area contributed by atoms with E-state index in [-0.39, 0.29) is 5.54 Å². The maximum Gasteiger partial charge on any atom is 0.228 e. The number of halogens is 1. The molecule has 3 aliphatic rings. The van der Waals surface area contributed by atoms with E-state index in [4.69, 9.17) is 21.3 Å². The summed E-state index contributed by atoms with van der Waals surface area (Å²) in [7, 11) is 0. The molecule has 1 saturated carbocycles. The highest BCUT2D eigenvalue weighted by Crippen LogP contribution is 2.39. The van der Waals surface area contributed by atoms with Crippen LogP contribution in [0.3, 0.4) is 0 Å². The highest BCUT2D eigenvalue weighted by molar-refractivity contribution is 6.32. The van der Waals surface area contributed by atoms with Crippen LogP contribution < -0.4 is 5.32 Å². The minimum Gasteiger partial charge on any atom is -0.389 e. The third-order valence-corrected chi connectivity index (χ3v) is 7.87. The third kappa shape index (κ3) is 3.89. The molecular weight excluding hydrogens is 440 g/mol. The fraction of sp³-hybridized carbons (Fsp3) is 0.542. The number of aliphatic hydroxyl groups is 1. The van der Waals surface area contributed by atoms with Crippen LogP contribution in [0.1, 0.15) is 50.1 Å². The topological polar surface area (TPSA) is 88.3 Å². The summed E-state index contributed by atoms with van der Waals surface area (Å²) in [4.78, 5) is 11.7. The quantitative estimate of drug-likeness (QED) is 0.587. The standard InChI is InChI=1S/C24H29ClN6O2/c1-24(14-33-13-21(24)32)30-8-5-15(6-9-30)18-11-20-16(10-19(18)25)12-26-23(28-20)29-22-4-7-27-31(22)17-2-3-17/h4,7,10-12,15,17,21,32H,2-3,5-6,8-9,13-14H2,1H3,(H,26,28,29). The van der Waals surface area contributed by atoms with Gasteiger partial charge in [-0.15, -0.1) is 0 Å². The molecule has 3 aromatic rings. The van der Waals surface area contributed by atoms with Crippen LogP contribution in [0.5, 0.6) is 0 Å². The van der Waals surface area contributed by atoms with E-state index in [1.165, 1.54) is 12.8 Å². The number of ether oxygens (including phenoxy) is 1. The molecule has 6 rings (SSSR count). The number of anilines is 2. The fourth-order valence-electron chi connectivity index (χ4n) is 5.23. The van der Waals surface area contributed by atoms with E-state index in [2.05, 4.69) is 33.3 Å². The van der Waals surface area contributed by atoms with Gasteiger partial charge in [0, 0.05) is 22.7 Å². The number of nitrogens with one attached hydrogen (secondary N) is 1. The number of aliphatic hydroxyl groups excluding tert-OH is 1. The molecule has 1 aliphatic carbocycles. The van der Waals surface area contributed by atoms with E-state index < -0.39 is 6.10 Å². The number of nitrogens with zero attached hydrogens (tertiary/aromatic N) is 5. The lowest BCUT2D eigenvalue weighted by atomic mass is 9.85. The zero-order chi connectivity index (χ0) is 22.6. The Morgan fingerprint density at radius 2 is 2.03 bits per heavy atom. The summed E-state index contributed by atoms with van der Waals surface area (Å²) >= 11 is 6.71. The molecule has 174 valence electrons. The van der Waals surface area contributed by atoms with E-state index in [0.717, 1.165) is 53.2 Å². The first kappa shape index (κ1) is 21.3. The van der Waals surface area contributed by atoms with Crippen LogP contribution in [0.15, 0.2) is 30.6 Å². The molecule has 0 spiro atoms. The van der Waals surface area contributed by atoms with Gasteiger partial charge < -0.3 is 15.2 Å². The van der Waals surface area contributed by atoms with Crippen LogP contribution in [0.4, 0.5) is 11.8 Å². The van der Waals surface area contributed by atoms with Crippen molar-refractivity contribution in [3.05, 3.63) is 41.2 Å². The second-order valence-corrected chi connectivity index (χ2v) is 10.2. The SMILES string of the molecule is CC1(N2CCC(c3cc4nc(Nc5ccnn5C5CC5)ncc4cc3Cl)CC2)COCC1O. The Balaban J connectivity index is 1.21. The highest BCUT2D eigenvalue weighted by atomic mass is 35.5. The normalized spacial score (nSPS) is 26.8. The first-order chi connectivity index (χ1) is 16.0. The summed E-state index contributed by atoms with van der Waals surface area (Å²) in [6.45, 7) is 4.94. The van der Waals surface area contributed by atoms with Crippen LogP contribution in [0.25, 0.3) is 10.9 Å². The van der Waals surface area contributed by atoms with Crippen LogP contribution in [0, 0.1) is 0 Å². The summed E-state index contributed by atoms with van der Waals surface area (Å²) in [5, 5.41) is 19.9. The molecule has 2 saturated heterocycles. The van der Waals surface area contributed by atoms with Gasteiger partial charge in [-0.2, -0.15) is 5.10 Å². The molecule has 2 N–H and O–H groups in total. The van der Waals surface area contributed by atoms with Gasteiger partial charge in [0.15, 0.2) is 0 Å². The number of hydrogen-bond donors (Lipinski definition) is 2. The number of piperidine rings is 1. The Bertz CT molecular complexity index is 1170. The molecule has 2 unspecified atom stereocenters. The van der Waals surface area contributed by atoms with Crippen LogP contribution >= 0.6 is 11.6 Å². The molecule has 8 nitrogen and oxygen atoms in total. The molecule has 2 atom stereocenters. The molecule has 2 aliphatic heterocycles. The molecule has 33 heavy (non-hydrogen) atoms. The van der Waals surface area contributed by atoms with Crippen molar-refractivity contribution in [2.24, 2.45) is 0 Å². The smallest absolute Gasteiger partial charge is 0.228 e. The Morgan fingerprint density at radius 1 is 1.21 bits per heavy atom. The molecule has 4 heterocycles. The Morgan fingerprint density at radius 3 is 2.76 bits per heavy atom. The summed E-state index contributed by atoms with van der Waals surface area (Å²) in [6.07, 6.45) is 7.51. The number of fused-ring (bicyclic) bond motifs is 1. The van der Waals surface area contributed by atoms with E-state index in [0.29, 0.717) is 31.1 Å². The first-order valence-corrected chi connectivity index (χ1v) is 12.2. The van der Waals surface area contributed by atoms with Crippen LogP contribution in [-0.2, 0) is 4.74 Å². The largest absolute Gasteiger partial charge is 0.389 e. The van der Waals surface area contributed by atoms with Gasteiger partial charge >= 0.3 is 0 Å². The highest BCUT2D eigenvalue weighted by Gasteiger charge is 2.45. The number of aromatic nitrogens is 4. The zero-order valence-corrected chi connectivity index (χ0v) is 19.5. The van der Waals surface area contributed by atoms with Gasteiger partial charge in [0.1, 0.15) is 5.82 Å². The van der Waals surface area contributed by atoms with Crippen LogP contribution in [-0.4, -0.2) is 67.7 Å². The maximum absolute atomic E-state index is 10.4. The average Bonchev–Trinajstić information content (AvgIpc) is 3.47. The lowest BCUT2D eigenvalue weighted by molar-refractivity contribution is -0.00211. The van der Waals surface area contributed by atoms with Crippen molar-refractivity contribution in [1.82, 2.24) is 24.6 Å². The van der Waals surface area contributed by atoms with E-state index in [9.17, 15) is 5.11 Å². The number of benzene rings is 1. The molecule has 0 amide bonds. The second-order valence-electron chi connectivity index (χ2n) is 9.79.